The second-order valence-corrected chi connectivity index (χ2v) is 7.70. The molecule has 1 aliphatic carbocycles. The first kappa shape index (κ1) is 17.3. The molecule has 1 amide bonds. The van der Waals surface area contributed by atoms with Gasteiger partial charge in [0.25, 0.3) is 0 Å². The third-order valence-electron chi connectivity index (χ3n) is 4.59. The topological polar surface area (TPSA) is 58.6 Å². The number of alkyl carbamates (subject to hydrolysis) is 1. The molecule has 0 aromatic heterocycles. The van der Waals surface area contributed by atoms with Gasteiger partial charge in [0.1, 0.15) is 11.9 Å². The second-order valence-electron chi connectivity index (χ2n) is 7.70. The van der Waals surface area contributed by atoms with E-state index in [4.69, 9.17) is 4.74 Å². The van der Waals surface area contributed by atoms with Gasteiger partial charge in [0.15, 0.2) is 0 Å². The Morgan fingerprint density at radius 1 is 1.23 bits per heavy atom. The quantitative estimate of drug-likeness (QED) is 0.643. The Labute approximate surface area is 133 Å². The number of rotatable bonds is 3. The van der Waals surface area contributed by atoms with Crippen LogP contribution in [-0.2, 0) is 9.53 Å². The first-order chi connectivity index (χ1) is 10.4. The standard InChI is InChI=1S/C17H30N2O3/c1-17(2,3)22-16(21)18-14-8-9-19(11-14)15-7-5-4-6-13(10-15)12-20/h12-15H,4-11H2,1-3H3,(H,18,21). The van der Waals surface area contributed by atoms with Crippen LogP contribution in [-0.4, -0.2) is 48.1 Å². The Balaban J connectivity index is 1.81. The van der Waals surface area contributed by atoms with E-state index >= 15 is 0 Å². The summed E-state index contributed by atoms with van der Waals surface area (Å²) in [6, 6.07) is 0.649. The van der Waals surface area contributed by atoms with Crippen molar-refractivity contribution in [2.75, 3.05) is 13.1 Å². The maximum Gasteiger partial charge on any atom is 0.407 e. The Kier molecular flexibility index (Phi) is 5.84. The largest absolute Gasteiger partial charge is 0.444 e. The Bertz CT molecular complexity index is 392. The maximum atomic E-state index is 11.9. The molecule has 1 heterocycles. The molecule has 0 spiro atoms. The molecular weight excluding hydrogens is 280 g/mol. The summed E-state index contributed by atoms with van der Waals surface area (Å²) in [4.78, 5) is 25.4. The van der Waals surface area contributed by atoms with Crippen molar-refractivity contribution in [1.82, 2.24) is 10.2 Å². The molecule has 0 bridgehead atoms. The zero-order valence-corrected chi connectivity index (χ0v) is 14.1. The van der Waals surface area contributed by atoms with Crippen LogP contribution in [0.3, 0.4) is 0 Å². The molecule has 1 aliphatic heterocycles. The molecule has 5 nitrogen and oxygen atoms in total. The first-order valence-electron chi connectivity index (χ1n) is 8.56. The van der Waals surface area contributed by atoms with Crippen LogP contribution in [0.1, 0.15) is 59.3 Å². The van der Waals surface area contributed by atoms with E-state index in [1.165, 1.54) is 12.8 Å². The van der Waals surface area contributed by atoms with Crippen molar-refractivity contribution in [3.05, 3.63) is 0 Å². The first-order valence-corrected chi connectivity index (χ1v) is 8.56. The summed E-state index contributed by atoms with van der Waals surface area (Å²) >= 11 is 0. The minimum atomic E-state index is -0.457. The Morgan fingerprint density at radius 2 is 1.95 bits per heavy atom. The van der Waals surface area contributed by atoms with Gasteiger partial charge >= 0.3 is 6.09 Å². The third kappa shape index (κ3) is 5.27. The molecule has 5 heteroatoms. The minimum absolute atomic E-state index is 0.160. The van der Waals surface area contributed by atoms with E-state index < -0.39 is 5.60 Å². The van der Waals surface area contributed by atoms with Crippen molar-refractivity contribution >= 4 is 12.4 Å². The van der Waals surface area contributed by atoms with Gasteiger partial charge in [-0.15, -0.1) is 0 Å². The maximum absolute atomic E-state index is 11.9. The van der Waals surface area contributed by atoms with E-state index in [0.717, 1.165) is 45.1 Å². The van der Waals surface area contributed by atoms with E-state index in [0.29, 0.717) is 6.04 Å². The van der Waals surface area contributed by atoms with Crippen molar-refractivity contribution in [2.45, 2.75) is 77.0 Å². The normalized spacial score (nSPS) is 30.6. The van der Waals surface area contributed by atoms with Gasteiger partial charge in [0, 0.05) is 31.1 Å². The van der Waals surface area contributed by atoms with Crippen molar-refractivity contribution in [2.24, 2.45) is 5.92 Å². The molecule has 3 atom stereocenters. The van der Waals surface area contributed by atoms with Crippen LogP contribution in [0, 0.1) is 5.92 Å². The average molecular weight is 310 g/mol. The third-order valence-corrected chi connectivity index (χ3v) is 4.59. The van der Waals surface area contributed by atoms with Crippen LogP contribution in [0.2, 0.25) is 0 Å². The number of hydrogen-bond acceptors (Lipinski definition) is 4. The smallest absolute Gasteiger partial charge is 0.407 e. The second kappa shape index (κ2) is 7.44. The van der Waals surface area contributed by atoms with Crippen molar-refractivity contribution < 1.29 is 14.3 Å². The fourth-order valence-corrected chi connectivity index (χ4v) is 3.54. The predicted molar refractivity (Wildman–Crippen MR) is 85.8 cm³/mol. The number of aldehydes is 1. The van der Waals surface area contributed by atoms with Gasteiger partial charge in [0.05, 0.1) is 0 Å². The molecule has 1 N–H and O–H groups in total. The molecule has 3 unspecified atom stereocenters. The molecular formula is C17H30N2O3. The summed E-state index contributed by atoms with van der Waals surface area (Å²) in [5.41, 5.74) is -0.457. The number of hydrogen-bond donors (Lipinski definition) is 1. The average Bonchev–Trinajstić information content (AvgIpc) is 2.72. The minimum Gasteiger partial charge on any atom is -0.444 e. The monoisotopic (exact) mass is 310 g/mol. The Hall–Kier alpha value is -1.10. The highest BCUT2D eigenvalue weighted by Gasteiger charge is 2.32. The van der Waals surface area contributed by atoms with Crippen LogP contribution in [0.15, 0.2) is 0 Å². The number of carbonyl (C=O) groups is 2. The van der Waals surface area contributed by atoms with E-state index in [9.17, 15) is 9.59 Å². The lowest BCUT2D eigenvalue weighted by molar-refractivity contribution is -0.111. The van der Waals surface area contributed by atoms with Gasteiger partial charge in [0.2, 0.25) is 0 Å². The SMILES string of the molecule is CC(C)(C)OC(=O)NC1CCN(C2CCCCC(C=O)C2)C1. The van der Waals surface area contributed by atoms with Gasteiger partial charge in [-0.3, -0.25) is 4.90 Å². The molecule has 1 saturated heterocycles. The molecule has 2 fully saturated rings. The summed E-state index contributed by atoms with van der Waals surface area (Å²) in [6.07, 6.45) is 7.31. The number of carbonyl (C=O) groups excluding carboxylic acids is 2. The predicted octanol–water partition coefficient (Wildman–Crippen LogP) is 2.73. The lowest BCUT2D eigenvalue weighted by Gasteiger charge is -2.28. The lowest BCUT2D eigenvalue weighted by Crippen LogP contribution is -2.42. The van der Waals surface area contributed by atoms with Gasteiger partial charge in [-0.2, -0.15) is 0 Å². The zero-order valence-electron chi connectivity index (χ0n) is 14.1. The number of ether oxygens (including phenoxy) is 1. The van der Waals surface area contributed by atoms with Crippen LogP contribution in [0.4, 0.5) is 4.79 Å². The van der Waals surface area contributed by atoms with E-state index in [1.807, 2.05) is 20.8 Å². The summed E-state index contributed by atoms with van der Waals surface area (Å²) in [7, 11) is 0. The highest BCUT2D eigenvalue weighted by atomic mass is 16.6. The van der Waals surface area contributed by atoms with Crippen LogP contribution >= 0.6 is 0 Å². The summed E-state index contributed by atoms with van der Waals surface area (Å²) in [5, 5.41) is 2.97. The summed E-state index contributed by atoms with van der Waals surface area (Å²) in [6.45, 7) is 7.49. The molecule has 126 valence electrons. The van der Waals surface area contributed by atoms with Crippen molar-refractivity contribution in [1.29, 1.82) is 0 Å². The van der Waals surface area contributed by atoms with Gasteiger partial charge in [-0.05, 0) is 46.5 Å². The van der Waals surface area contributed by atoms with Crippen LogP contribution < -0.4 is 5.32 Å². The fraction of sp³-hybridized carbons (Fsp3) is 0.882. The Morgan fingerprint density at radius 3 is 2.64 bits per heavy atom. The van der Waals surface area contributed by atoms with E-state index in [2.05, 4.69) is 10.2 Å². The summed E-state index contributed by atoms with van der Waals surface area (Å²) in [5.74, 6) is 0.213. The summed E-state index contributed by atoms with van der Waals surface area (Å²) < 4.78 is 5.32. The highest BCUT2D eigenvalue weighted by molar-refractivity contribution is 5.68. The molecule has 0 aromatic carbocycles. The van der Waals surface area contributed by atoms with E-state index in [1.54, 1.807) is 0 Å². The van der Waals surface area contributed by atoms with Crippen molar-refractivity contribution in [3.8, 4) is 0 Å². The van der Waals surface area contributed by atoms with Gasteiger partial charge in [-0.25, -0.2) is 4.79 Å². The van der Waals surface area contributed by atoms with Crippen LogP contribution in [0.5, 0.6) is 0 Å². The number of nitrogens with zero attached hydrogens (tertiary/aromatic N) is 1. The fourth-order valence-electron chi connectivity index (χ4n) is 3.54. The zero-order chi connectivity index (χ0) is 16.2. The number of nitrogens with one attached hydrogen (secondary N) is 1. The lowest BCUT2D eigenvalue weighted by atomic mass is 9.99. The molecule has 1 saturated carbocycles. The van der Waals surface area contributed by atoms with Crippen molar-refractivity contribution in [3.63, 3.8) is 0 Å². The van der Waals surface area contributed by atoms with E-state index in [-0.39, 0.29) is 18.1 Å². The van der Waals surface area contributed by atoms with Gasteiger partial charge < -0.3 is 14.8 Å². The number of amides is 1. The van der Waals surface area contributed by atoms with Crippen LogP contribution in [0.25, 0.3) is 0 Å². The molecule has 2 rings (SSSR count). The number of likely N-dealkylation sites (tertiary alicyclic amines) is 1. The molecule has 22 heavy (non-hydrogen) atoms. The highest BCUT2D eigenvalue weighted by Crippen LogP contribution is 2.28. The molecule has 0 radical (unpaired) electrons. The molecule has 0 aromatic rings. The van der Waals surface area contributed by atoms with Gasteiger partial charge in [-0.1, -0.05) is 12.8 Å². The molecule has 2 aliphatic rings.